The monoisotopic (exact) mass is 320 g/mol. The second-order valence-electron chi connectivity index (χ2n) is 5.84. The Morgan fingerprint density at radius 2 is 2.17 bits per heavy atom. The molecule has 1 aromatic carbocycles. The van der Waals surface area contributed by atoms with Crippen LogP contribution in [0, 0.1) is 5.82 Å². The van der Waals surface area contributed by atoms with Gasteiger partial charge in [-0.05, 0) is 31.9 Å². The number of aliphatic carboxylic acids is 1. The van der Waals surface area contributed by atoms with Crippen molar-refractivity contribution < 1.29 is 23.9 Å². The first-order valence-electron chi connectivity index (χ1n) is 7.51. The van der Waals surface area contributed by atoms with Gasteiger partial charge in [-0.25, -0.2) is 9.18 Å². The van der Waals surface area contributed by atoms with Crippen molar-refractivity contribution in [3.63, 3.8) is 0 Å². The van der Waals surface area contributed by atoms with Crippen LogP contribution in [0.3, 0.4) is 0 Å². The van der Waals surface area contributed by atoms with E-state index in [2.05, 4.69) is 5.16 Å². The molecule has 122 valence electrons. The normalized spacial score (nSPS) is 21.3. The fraction of sp³-hybridized carbons (Fsp3) is 0.438. The highest BCUT2D eigenvalue weighted by Crippen LogP contribution is 2.31. The maximum atomic E-state index is 13.3. The third-order valence-electron chi connectivity index (χ3n) is 4.07. The summed E-state index contributed by atoms with van der Waals surface area (Å²) in [5, 5.41) is 13.0. The van der Waals surface area contributed by atoms with E-state index >= 15 is 0 Å². The molecule has 2 unspecified atom stereocenters. The number of amides is 1. The zero-order chi connectivity index (χ0) is 16.6. The minimum absolute atomic E-state index is 0.0459. The highest BCUT2D eigenvalue weighted by Gasteiger charge is 2.43. The molecule has 0 bridgehead atoms. The van der Waals surface area contributed by atoms with Gasteiger partial charge in [-0.2, -0.15) is 0 Å². The zero-order valence-electron chi connectivity index (χ0n) is 12.6. The fourth-order valence-electron chi connectivity index (χ4n) is 2.67. The Kier molecular flexibility index (Phi) is 4.02. The molecule has 0 spiro atoms. The summed E-state index contributed by atoms with van der Waals surface area (Å²) in [6, 6.07) is 4.95. The van der Waals surface area contributed by atoms with Gasteiger partial charge >= 0.3 is 5.97 Å². The van der Waals surface area contributed by atoms with E-state index in [1.807, 2.05) is 0 Å². The molecule has 1 aliphatic heterocycles. The number of carbonyl (C=O) groups is 2. The smallest absolute Gasteiger partial charge is 0.326 e. The summed E-state index contributed by atoms with van der Waals surface area (Å²) in [6.07, 6.45) is 0.954. The minimum atomic E-state index is -1.05. The van der Waals surface area contributed by atoms with Crippen LogP contribution in [-0.4, -0.2) is 45.8 Å². The number of nitrogens with zero attached hydrogens (tertiary/aromatic N) is 2. The second kappa shape index (κ2) is 5.98. The van der Waals surface area contributed by atoms with Crippen LogP contribution in [-0.2, 0) is 14.4 Å². The first kappa shape index (κ1) is 15.5. The molecule has 1 heterocycles. The van der Waals surface area contributed by atoms with E-state index in [1.54, 1.807) is 12.1 Å². The van der Waals surface area contributed by atoms with Crippen molar-refractivity contribution in [1.29, 1.82) is 0 Å². The highest BCUT2D eigenvalue weighted by molar-refractivity contribution is 6.04. The van der Waals surface area contributed by atoms with E-state index in [0.717, 1.165) is 12.8 Å². The Hall–Kier alpha value is -2.44. The first-order chi connectivity index (χ1) is 11.0. The van der Waals surface area contributed by atoms with E-state index in [-0.39, 0.29) is 24.2 Å². The number of halogens is 1. The van der Waals surface area contributed by atoms with Crippen molar-refractivity contribution in [3.8, 4) is 0 Å². The van der Waals surface area contributed by atoms with Crippen LogP contribution < -0.4 is 0 Å². The average Bonchev–Trinajstić information content (AvgIpc) is 3.22. The molecule has 1 aliphatic carbocycles. The summed E-state index contributed by atoms with van der Waals surface area (Å²) in [5.41, 5.74) is 1.05. The molecule has 6 nitrogen and oxygen atoms in total. The number of carbonyl (C=O) groups excluding carboxylic acids is 1. The van der Waals surface area contributed by atoms with Crippen molar-refractivity contribution in [1.82, 2.24) is 4.90 Å². The highest BCUT2D eigenvalue weighted by atomic mass is 19.1. The lowest BCUT2D eigenvalue weighted by Gasteiger charge is -2.28. The quantitative estimate of drug-likeness (QED) is 0.897. The van der Waals surface area contributed by atoms with Crippen molar-refractivity contribution >= 4 is 17.6 Å². The molecule has 3 rings (SSSR count). The molecule has 1 amide bonds. The number of hydrogen-bond acceptors (Lipinski definition) is 4. The number of carboxylic acid groups (broad SMARTS) is 1. The zero-order valence-corrected chi connectivity index (χ0v) is 12.6. The predicted molar refractivity (Wildman–Crippen MR) is 79.4 cm³/mol. The Labute approximate surface area is 132 Å². The number of hydrogen-bond donors (Lipinski definition) is 1. The van der Waals surface area contributed by atoms with Crippen molar-refractivity contribution in [3.05, 3.63) is 35.6 Å². The minimum Gasteiger partial charge on any atom is -0.480 e. The third kappa shape index (κ3) is 3.18. The Morgan fingerprint density at radius 3 is 2.78 bits per heavy atom. The molecular weight excluding hydrogens is 303 g/mol. The molecule has 1 saturated carbocycles. The van der Waals surface area contributed by atoms with Crippen LogP contribution >= 0.6 is 0 Å². The summed E-state index contributed by atoms with van der Waals surface area (Å²) in [7, 11) is 0. The topological polar surface area (TPSA) is 79.2 Å². The van der Waals surface area contributed by atoms with Gasteiger partial charge in [-0.3, -0.25) is 4.79 Å². The molecule has 1 fully saturated rings. The molecule has 23 heavy (non-hydrogen) atoms. The molecule has 1 aromatic rings. The Balaban J connectivity index is 1.71. The van der Waals surface area contributed by atoms with Crippen molar-refractivity contribution in [2.45, 2.75) is 44.4 Å². The van der Waals surface area contributed by atoms with Crippen LogP contribution in [0.25, 0.3) is 0 Å². The van der Waals surface area contributed by atoms with Crippen molar-refractivity contribution in [2.75, 3.05) is 0 Å². The number of rotatable bonds is 5. The van der Waals surface area contributed by atoms with Gasteiger partial charge in [-0.15, -0.1) is 0 Å². The van der Waals surface area contributed by atoms with Crippen molar-refractivity contribution in [2.24, 2.45) is 5.16 Å². The summed E-state index contributed by atoms with van der Waals surface area (Å²) in [6.45, 7) is 1.49. The molecule has 0 radical (unpaired) electrons. The summed E-state index contributed by atoms with van der Waals surface area (Å²) >= 11 is 0. The molecule has 0 saturated heterocycles. The standard InChI is InChI=1S/C16H17FN2O4/c1-9(16(21)22)19(12-5-6-12)15(20)14-8-13(18-23-14)10-3-2-4-11(17)7-10/h2-4,7,9,12,14H,5-6,8H2,1H3,(H,21,22). The van der Waals surface area contributed by atoms with Gasteiger partial charge in [0.1, 0.15) is 11.9 Å². The fourth-order valence-corrected chi connectivity index (χ4v) is 2.67. The maximum absolute atomic E-state index is 13.3. The molecule has 7 heteroatoms. The lowest BCUT2D eigenvalue weighted by atomic mass is 10.0. The molecule has 0 aromatic heterocycles. The predicted octanol–water partition coefficient (Wildman–Crippen LogP) is 1.78. The molecule has 1 N–H and O–H groups in total. The second-order valence-corrected chi connectivity index (χ2v) is 5.84. The van der Waals surface area contributed by atoms with E-state index < -0.39 is 18.1 Å². The SMILES string of the molecule is CC(C(=O)O)N(C(=O)C1CC(c2cccc(F)c2)=NO1)C1CC1. The van der Waals surface area contributed by atoms with Crippen LogP contribution in [0.1, 0.15) is 31.7 Å². The number of benzene rings is 1. The van der Waals surface area contributed by atoms with E-state index in [4.69, 9.17) is 4.84 Å². The Morgan fingerprint density at radius 1 is 1.43 bits per heavy atom. The molecule has 2 aliphatic rings. The van der Waals surface area contributed by atoms with Gasteiger partial charge in [0.2, 0.25) is 6.10 Å². The van der Waals surface area contributed by atoms with Gasteiger partial charge in [0.05, 0.1) is 5.71 Å². The third-order valence-corrected chi connectivity index (χ3v) is 4.07. The van der Waals surface area contributed by atoms with E-state index in [9.17, 15) is 19.1 Å². The summed E-state index contributed by atoms with van der Waals surface area (Å²) in [4.78, 5) is 30.4. The molecular formula is C16H17FN2O4. The van der Waals surface area contributed by atoms with Crippen LogP contribution in [0.2, 0.25) is 0 Å². The van der Waals surface area contributed by atoms with Crippen LogP contribution in [0.4, 0.5) is 4.39 Å². The van der Waals surface area contributed by atoms with Gasteiger partial charge in [0.15, 0.2) is 0 Å². The lowest BCUT2D eigenvalue weighted by molar-refractivity contribution is -0.155. The maximum Gasteiger partial charge on any atom is 0.326 e. The summed E-state index contributed by atoms with van der Waals surface area (Å²) in [5.74, 6) is -1.81. The lowest BCUT2D eigenvalue weighted by Crippen LogP contribution is -2.49. The van der Waals surface area contributed by atoms with Crippen LogP contribution in [0.5, 0.6) is 0 Å². The van der Waals surface area contributed by atoms with E-state index in [0.29, 0.717) is 11.3 Å². The van der Waals surface area contributed by atoms with Gasteiger partial charge < -0.3 is 14.8 Å². The van der Waals surface area contributed by atoms with Gasteiger partial charge in [0, 0.05) is 18.0 Å². The average molecular weight is 320 g/mol. The van der Waals surface area contributed by atoms with Gasteiger partial charge in [-0.1, -0.05) is 17.3 Å². The van der Waals surface area contributed by atoms with E-state index in [1.165, 1.54) is 24.0 Å². The van der Waals surface area contributed by atoms with Crippen LogP contribution in [0.15, 0.2) is 29.4 Å². The Bertz CT molecular complexity index is 672. The first-order valence-corrected chi connectivity index (χ1v) is 7.51. The number of carboxylic acids is 1. The summed E-state index contributed by atoms with van der Waals surface area (Å²) < 4.78 is 13.3. The van der Waals surface area contributed by atoms with Gasteiger partial charge in [0.25, 0.3) is 5.91 Å². The molecule has 2 atom stereocenters. The number of oxime groups is 1. The largest absolute Gasteiger partial charge is 0.480 e.